The van der Waals surface area contributed by atoms with Gasteiger partial charge in [0.1, 0.15) is 11.6 Å². The molecule has 0 bridgehead atoms. The normalized spacial score (nSPS) is 12.9. The van der Waals surface area contributed by atoms with Crippen LogP contribution in [0.4, 0.5) is 0 Å². The molecule has 0 aliphatic rings. The zero-order chi connectivity index (χ0) is 15.5. The van der Waals surface area contributed by atoms with Crippen molar-refractivity contribution in [3.05, 3.63) is 88.6 Å². The number of aromatic nitrogens is 3. The number of thiophene rings is 1. The molecule has 112 valence electrons. The van der Waals surface area contributed by atoms with Gasteiger partial charge < -0.3 is 0 Å². The van der Waals surface area contributed by atoms with Crippen molar-refractivity contribution in [1.29, 1.82) is 0 Å². The second-order valence-electron chi connectivity index (χ2n) is 5.25. The second-order valence-corrected chi connectivity index (χ2v) is 6.23. The second kappa shape index (κ2) is 6.18. The maximum atomic E-state index is 4.39. The van der Waals surface area contributed by atoms with E-state index in [1.54, 1.807) is 11.3 Å². The number of rotatable bonds is 4. The van der Waals surface area contributed by atoms with Gasteiger partial charge in [0, 0.05) is 4.88 Å². The van der Waals surface area contributed by atoms with Gasteiger partial charge >= 0.3 is 0 Å². The summed E-state index contributed by atoms with van der Waals surface area (Å²) in [5.41, 5.74) is 3.14. The van der Waals surface area contributed by atoms with Crippen LogP contribution in [0.5, 0.6) is 0 Å². The van der Waals surface area contributed by atoms with E-state index in [-0.39, 0.29) is 6.04 Å². The van der Waals surface area contributed by atoms with Gasteiger partial charge in [0.25, 0.3) is 0 Å². The van der Waals surface area contributed by atoms with E-state index in [4.69, 9.17) is 0 Å². The largest absolute Gasteiger partial charge is 0.232 e. The lowest BCUT2D eigenvalue weighted by atomic mass is 10.1. The van der Waals surface area contributed by atoms with Crippen LogP contribution in [0.3, 0.4) is 0 Å². The molecule has 0 N–H and O–H groups in total. The summed E-state index contributed by atoms with van der Waals surface area (Å²) in [4.78, 5) is 1.24. The Hall–Kier alpha value is -2.72. The van der Waals surface area contributed by atoms with Crippen LogP contribution < -0.4 is 0 Å². The van der Waals surface area contributed by atoms with Gasteiger partial charge in [-0.3, -0.25) is 0 Å². The molecular formula is C19H15N3S. The minimum absolute atomic E-state index is 0.0441. The van der Waals surface area contributed by atoms with E-state index < -0.39 is 0 Å². The third kappa shape index (κ3) is 2.81. The van der Waals surface area contributed by atoms with Gasteiger partial charge in [-0.25, -0.2) is 4.68 Å². The van der Waals surface area contributed by atoms with E-state index in [1.807, 2.05) is 41.1 Å². The summed E-state index contributed by atoms with van der Waals surface area (Å²) < 4.78 is 1.99. The molecule has 4 aromatic rings. The average Bonchev–Trinajstić information content (AvgIpc) is 3.27. The predicted octanol–water partition coefficient (Wildman–Crippen LogP) is 4.80. The Labute approximate surface area is 138 Å². The monoisotopic (exact) mass is 317 g/mol. The van der Waals surface area contributed by atoms with Gasteiger partial charge in [0.15, 0.2) is 0 Å². The number of nitrogens with zero attached hydrogens (tertiary/aromatic N) is 3. The summed E-state index contributed by atoms with van der Waals surface area (Å²) in [5, 5.41) is 10.8. The van der Waals surface area contributed by atoms with Crippen LogP contribution in [0.25, 0.3) is 17.1 Å². The predicted molar refractivity (Wildman–Crippen MR) is 95.5 cm³/mol. The third-order valence-corrected chi connectivity index (χ3v) is 4.69. The molecule has 2 aromatic carbocycles. The summed E-state index contributed by atoms with van der Waals surface area (Å²) in [7, 11) is 0. The lowest BCUT2D eigenvalue weighted by molar-refractivity contribution is 0.612. The summed E-state index contributed by atoms with van der Waals surface area (Å²) in [6.45, 7) is 0. The van der Waals surface area contributed by atoms with E-state index in [0.29, 0.717) is 0 Å². The molecule has 1 unspecified atom stereocenters. The quantitative estimate of drug-likeness (QED) is 0.541. The van der Waals surface area contributed by atoms with Gasteiger partial charge in [-0.1, -0.05) is 65.9 Å². The molecule has 23 heavy (non-hydrogen) atoms. The van der Waals surface area contributed by atoms with Gasteiger partial charge in [-0.2, -0.15) is 0 Å². The standard InChI is InChI=1S/C19H15N3S/c1-2-7-15(8-3-1)12-13-18(19-11-6-14-23-19)22-17-10-5-4-9-16(17)20-21-22/h1-14,18H/b13-12+. The minimum atomic E-state index is 0.0441. The Morgan fingerprint density at radius 1 is 0.913 bits per heavy atom. The average molecular weight is 317 g/mol. The number of allylic oxidation sites excluding steroid dienone is 1. The topological polar surface area (TPSA) is 30.7 Å². The summed E-state index contributed by atoms with van der Waals surface area (Å²) in [5.74, 6) is 0. The molecule has 0 spiro atoms. The molecule has 0 radical (unpaired) electrons. The Morgan fingerprint density at radius 2 is 1.74 bits per heavy atom. The van der Waals surface area contributed by atoms with Crippen LogP contribution in [0.1, 0.15) is 16.5 Å². The number of benzene rings is 2. The lowest BCUT2D eigenvalue weighted by Gasteiger charge is -2.12. The highest BCUT2D eigenvalue weighted by Gasteiger charge is 2.15. The van der Waals surface area contributed by atoms with Gasteiger partial charge in [-0.15, -0.1) is 16.4 Å². The number of fused-ring (bicyclic) bond motifs is 1. The van der Waals surface area contributed by atoms with Gasteiger partial charge in [0.05, 0.1) is 5.52 Å². The smallest absolute Gasteiger partial charge is 0.113 e. The molecule has 4 heteroatoms. The van der Waals surface area contributed by atoms with E-state index in [2.05, 4.69) is 58.2 Å². The fraction of sp³-hybridized carbons (Fsp3) is 0.0526. The van der Waals surface area contributed by atoms with Crippen LogP contribution in [0.2, 0.25) is 0 Å². The van der Waals surface area contributed by atoms with Crippen molar-refractivity contribution in [3.63, 3.8) is 0 Å². The summed E-state index contributed by atoms with van der Waals surface area (Å²) in [6, 6.07) is 22.6. The van der Waals surface area contributed by atoms with Crippen molar-refractivity contribution in [2.45, 2.75) is 6.04 Å². The number of hydrogen-bond donors (Lipinski definition) is 0. The highest BCUT2D eigenvalue weighted by Crippen LogP contribution is 2.27. The first-order chi connectivity index (χ1) is 11.4. The Bertz CT molecular complexity index is 924. The zero-order valence-electron chi connectivity index (χ0n) is 12.4. The van der Waals surface area contributed by atoms with Crippen LogP contribution in [-0.2, 0) is 0 Å². The highest BCUT2D eigenvalue weighted by atomic mass is 32.1. The van der Waals surface area contributed by atoms with E-state index >= 15 is 0 Å². The molecule has 0 saturated heterocycles. The first kappa shape index (κ1) is 13.9. The molecule has 1 atom stereocenters. The molecule has 0 saturated carbocycles. The third-order valence-electron chi connectivity index (χ3n) is 3.75. The van der Waals surface area contributed by atoms with Crippen molar-refractivity contribution < 1.29 is 0 Å². The SMILES string of the molecule is C(=C\C(c1cccs1)n1nnc2ccccc21)/c1ccccc1. The van der Waals surface area contributed by atoms with Crippen LogP contribution >= 0.6 is 11.3 Å². The molecule has 0 aliphatic carbocycles. The van der Waals surface area contributed by atoms with Crippen molar-refractivity contribution in [3.8, 4) is 0 Å². The highest BCUT2D eigenvalue weighted by molar-refractivity contribution is 7.10. The molecule has 0 fully saturated rings. The van der Waals surface area contributed by atoms with Crippen LogP contribution in [0.15, 0.2) is 78.2 Å². The fourth-order valence-electron chi connectivity index (χ4n) is 2.62. The first-order valence-corrected chi connectivity index (χ1v) is 8.36. The molecule has 4 rings (SSSR count). The molecular weight excluding hydrogens is 302 g/mol. The molecule has 3 nitrogen and oxygen atoms in total. The first-order valence-electron chi connectivity index (χ1n) is 7.48. The van der Waals surface area contributed by atoms with Crippen molar-refractivity contribution in [1.82, 2.24) is 15.0 Å². The van der Waals surface area contributed by atoms with Crippen molar-refractivity contribution in [2.24, 2.45) is 0 Å². The maximum Gasteiger partial charge on any atom is 0.113 e. The van der Waals surface area contributed by atoms with Crippen molar-refractivity contribution >= 4 is 28.4 Å². The minimum Gasteiger partial charge on any atom is -0.232 e. The van der Waals surface area contributed by atoms with Crippen LogP contribution in [0, 0.1) is 0 Å². The maximum absolute atomic E-state index is 4.39. The number of hydrogen-bond acceptors (Lipinski definition) is 3. The Kier molecular flexibility index (Phi) is 3.74. The number of para-hydroxylation sites is 1. The molecule has 2 aromatic heterocycles. The lowest BCUT2D eigenvalue weighted by Crippen LogP contribution is -2.08. The Balaban J connectivity index is 1.79. The van der Waals surface area contributed by atoms with E-state index in [1.165, 1.54) is 10.4 Å². The van der Waals surface area contributed by atoms with E-state index in [9.17, 15) is 0 Å². The molecule has 0 amide bonds. The fourth-order valence-corrected chi connectivity index (χ4v) is 3.40. The summed E-state index contributed by atoms with van der Waals surface area (Å²) in [6.07, 6.45) is 4.32. The zero-order valence-corrected chi connectivity index (χ0v) is 13.2. The molecule has 2 heterocycles. The molecule has 0 aliphatic heterocycles. The van der Waals surface area contributed by atoms with Gasteiger partial charge in [0.2, 0.25) is 0 Å². The Morgan fingerprint density at radius 3 is 2.57 bits per heavy atom. The van der Waals surface area contributed by atoms with Crippen LogP contribution in [-0.4, -0.2) is 15.0 Å². The van der Waals surface area contributed by atoms with E-state index in [0.717, 1.165) is 11.0 Å². The van der Waals surface area contributed by atoms with Crippen molar-refractivity contribution in [2.75, 3.05) is 0 Å². The summed E-state index contributed by atoms with van der Waals surface area (Å²) >= 11 is 1.73. The van der Waals surface area contributed by atoms with Gasteiger partial charge in [-0.05, 0) is 29.1 Å².